The van der Waals surface area contributed by atoms with E-state index in [1.54, 1.807) is 0 Å². The van der Waals surface area contributed by atoms with Gasteiger partial charge >= 0.3 is 6.61 Å². The molecule has 0 aliphatic heterocycles. The van der Waals surface area contributed by atoms with E-state index in [9.17, 15) is 13.2 Å². The third kappa shape index (κ3) is 2.80. The fraction of sp³-hybridized carbons (Fsp3) is 0.182. The zero-order valence-electron chi connectivity index (χ0n) is 8.94. The van der Waals surface area contributed by atoms with Crippen LogP contribution in [0.4, 0.5) is 13.2 Å². The van der Waals surface area contributed by atoms with Crippen LogP contribution in [0.3, 0.4) is 0 Å². The molecular weight excluding hydrogens is 267 g/mol. The molecule has 0 atom stereocenters. The maximum atomic E-state index is 13.1. The summed E-state index contributed by atoms with van der Waals surface area (Å²) in [5.74, 6) is -0.724. The van der Waals surface area contributed by atoms with Gasteiger partial charge in [0.15, 0.2) is 0 Å². The van der Waals surface area contributed by atoms with Gasteiger partial charge in [0.05, 0.1) is 17.0 Å². The quantitative estimate of drug-likeness (QED) is 0.932. The molecule has 18 heavy (non-hydrogen) atoms. The molecule has 96 valence electrons. The van der Waals surface area contributed by atoms with E-state index in [-0.39, 0.29) is 17.9 Å². The molecule has 0 fully saturated rings. The van der Waals surface area contributed by atoms with Gasteiger partial charge in [0.1, 0.15) is 16.6 Å². The Morgan fingerprint density at radius 3 is 2.78 bits per heavy atom. The van der Waals surface area contributed by atoms with E-state index in [0.717, 1.165) is 29.5 Å². The van der Waals surface area contributed by atoms with Crippen molar-refractivity contribution >= 4 is 11.3 Å². The summed E-state index contributed by atoms with van der Waals surface area (Å²) in [6.07, 6.45) is 1.40. The number of ether oxygens (including phenoxy) is 1. The van der Waals surface area contributed by atoms with Crippen LogP contribution in [-0.2, 0) is 6.61 Å². The van der Waals surface area contributed by atoms with Gasteiger partial charge in [-0.1, -0.05) is 0 Å². The number of hydrogen-bond acceptors (Lipinski definition) is 4. The first kappa shape index (κ1) is 12.8. The number of nitrogens with zero attached hydrogens (tertiary/aromatic N) is 1. The van der Waals surface area contributed by atoms with E-state index in [1.807, 2.05) is 0 Å². The van der Waals surface area contributed by atoms with Crippen molar-refractivity contribution in [1.82, 2.24) is 4.98 Å². The number of benzene rings is 1. The predicted molar refractivity (Wildman–Crippen MR) is 60.1 cm³/mol. The molecule has 0 unspecified atom stereocenters. The molecular formula is C11H8F3NO2S. The Morgan fingerprint density at radius 2 is 2.17 bits per heavy atom. The maximum Gasteiger partial charge on any atom is 0.387 e. The molecule has 1 heterocycles. The normalized spacial score (nSPS) is 10.9. The molecule has 0 aliphatic rings. The number of aromatic nitrogens is 1. The Labute approximate surface area is 104 Å². The van der Waals surface area contributed by atoms with Crippen molar-refractivity contribution in [3.63, 3.8) is 0 Å². The minimum atomic E-state index is -2.99. The van der Waals surface area contributed by atoms with Crippen molar-refractivity contribution in [1.29, 1.82) is 0 Å². The van der Waals surface area contributed by atoms with Gasteiger partial charge in [-0.05, 0) is 18.2 Å². The summed E-state index contributed by atoms with van der Waals surface area (Å²) in [5, 5.41) is 9.23. The number of halogens is 3. The van der Waals surface area contributed by atoms with E-state index < -0.39 is 12.4 Å². The lowest BCUT2D eigenvalue weighted by Gasteiger charge is -2.08. The van der Waals surface area contributed by atoms with E-state index in [1.165, 1.54) is 6.20 Å². The highest BCUT2D eigenvalue weighted by atomic mass is 32.1. The van der Waals surface area contributed by atoms with Crippen molar-refractivity contribution in [3.05, 3.63) is 35.1 Å². The van der Waals surface area contributed by atoms with Crippen LogP contribution >= 0.6 is 11.3 Å². The molecule has 1 aromatic heterocycles. The lowest BCUT2D eigenvalue weighted by atomic mass is 10.2. The molecule has 7 heteroatoms. The molecule has 0 radical (unpaired) electrons. The van der Waals surface area contributed by atoms with E-state index >= 15 is 0 Å². The number of rotatable bonds is 4. The average Bonchev–Trinajstić information content (AvgIpc) is 2.79. The van der Waals surface area contributed by atoms with Crippen LogP contribution in [0.5, 0.6) is 5.75 Å². The largest absolute Gasteiger partial charge is 0.434 e. The van der Waals surface area contributed by atoms with Crippen molar-refractivity contribution in [2.45, 2.75) is 13.2 Å². The van der Waals surface area contributed by atoms with E-state index in [4.69, 9.17) is 5.11 Å². The Kier molecular flexibility index (Phi) is 3.83. The molecule has 0 spiro atoms. The predicted octanol–water partition coefficient (Wildman–Crippen LogP) is 3.04. The van der Waals surface area contributed by atoms with Gasteiger partial charge in [0.25, 0.3) is 0 Å². The number of thiazole rings is 1. The first-order chi connectivity index (χ1) is 8.60. The molecule has 0 amide bonds. The maximum absolute atomic E-state index is 13.1. The molecule has 0 saturated carbocycles. The molecule has 0 saturated heterocycles. The summed E-state index contributed by atoms with van der Waals surface area (Å²) in [4.78, 5) is 4.49. The number of aliphatic hydroxyl groups is 1. The molecule has 2 aromatic rings. The molecule has 0 bridgehead atoms. The minimum Gasteiger partial charge on any atom is -0.434 e. The summed E-state index contributed by atoms with van der Waals surface area (Å²) in [6, 6.07) is 3.22. The van der Waals surface area contributed by atoms with Crippen LogP contribution in [0, 0.1) is 5.82 Å². The number of hydrogen-bond donors (Lipinski definition) is 1. The Morgan fingerprint density at radius 1 is 1.39 bits per heavy atom. The third-order valence-corrected chi connectivity index (χ3v) is 3.11. The van der Waals surface area contributed by atoms with Gasteiger partial charge in [-0.3, -0.25) is 0 Å². The van der Waals surface area contributed by atoms with Gasteiger partial charge < -0.3 is 9.84 Å². The van der Waals surface area contributed by atoms with Gasteiger partial charge in [0, 0.05) is 6.20 Å². The fourth-order valence-electron chi connectivity index (χ4n) is 1.37. The highest BCUT2D eigenvalue weighted by Gasteiger charge is 2.15. The van der Waals surface area contributed by atoms with Crippen LogP contribution in [0.2, 0.25) is 0 Å². The van der Waals surface area contributed by atoms with Crippen LogP contribution < -0.4 is 4.74 Å². The summed E-state index contributed by atoms with van der Waals surface area (Å²) in [6.45, 7) is -3.20. The summed E-state index contributed by atoms with van der Waals surface area (Å²) >= 11 is 1.08. The second-order valence-corrected chi connectivity index (χ2v) is 4.42. The van der Waals surface area contributed by atoms with Crippen LogP contribution in [0.25, 0.3) is 10.6 Å². The zero-order chi connectivity index (χ0) is 13.1. The van der Waals surface area contributed by atoms with E-state index in [2.05, 4.69) is 9.72 Å². The highest BCUT2D eigenvalue weighted by Crippen LogP contribution is 2.34. The summed E-state index contributed by atoms with van der Waals surface area (Å²) < 4.78 is 41.9. The average molecular weight is 275 g/mol. The van der Waals surface area contributed by atoms with Gasteiger partial charge in [-0.25, -0.2) is 9.37 Å². The number of aliphatic hydroxyl groups excluding tert-OH is 1. The zero-order valence-corrected chi connectivity index (χ0v) is 9.76. The standard InChI is InChI=1S/C11H8F3NO2S/c12-6-1-2-9(17-11(13)14)8(3-6)10-15-4-7(5-16)18-10/h1-4,11,16H,5H2. The minimum absolute atomic E-state index is 0.139. The molecule has 1 aromatic carbocycles. The lowest BCUT2D eigenvalue weighted by Crippen LogP contribution is -2.03. The topological polar surface area (TPSA) is 42.4 Å². The Hall–Kier alpha value is -1.60. The van der Waals surface area contributed by atoms with Crippen molar-refractivity contribution in [2.24, 2.45) is 0 Å². The SMILES string of the molecule is OCc1cnc(-c2cc(F)ccc2OC(F)F)s1. The van der Waals surface area contributed by atoms with Gasteiger partial charge in [0.2, 0.25) is 0 Å². The first-order valence-electron chi connectivity index (χ1n) is 4.90. The highest BCUT2D eigenvalue weighted by molar-refractivity contribution is 7.15. The lowest BCUT2D eigenvalue weighted by molar-refractivity contribution is -0.0494. The van der Waals surface area contributed by atoms with Crippen LogP contribution in [0.15, 0.2) is 24.4 Å². The molecule has 1 N–H and O–H groups in total. The molecule has 3 nitrogen and oxygen atoms in total. The smallest absolute Gasteiger partial charge is 0.387 e. The second-order valence-electron chi connectivity index (χ2n) is 3.31. The van der Waals surface area contributed by atoms with Crippen molar-refractivity contribution in [2.75, 3.05) is 0 Å². The Balaban J connectivity index is 2.43. The third-order valence-electron chi connectivity index (χ3n) is 2.10. The molecule has 2 rings (SSSR count). The fourth-order valence-corrected chi connectivity index (χ4v) is 2.17. The van der Waals surface area contributed by atoms with Gasteiger partial charge in [-0.2, -0.15) is 8.78 Å². The second kappa shape index (κ2) is 5.36. The van der Waals surface area contributed by atoms with Crippen LogP contribution in [0.1, 0.15) is 4.88 Å². The van der Waals surface area contributed by atoms with E-state index in [0.29, 0.717) is 9.88 Å². The summed E-state index contributed by atoms with van der Waals surface area (Å²) in [5.41, 5.74) is 0.139. The Bertz CT molecular complexity index is 545. The monoisotopic (exact) mass is 275 g/mol. The van der Waals surface area contributed by atoms with Gasteiger partial charge in [-0.15, -0.1) is 11.3 Å². The summed E-state index contributed by atoms with van der Waals surface area (Å²) in [7, 11) is 0. The van der Waals surface area contributed by atoms with Crippen LogP contribution in [-0.4, -0.2) is 16.7 Å². The molecule has 0 aliphatic carbocycles. The van der Waals surface area contributed by atoms with Crippen molar-refractivity contribution < 1.29 is 23.0 Å². The number of alkyl halides is 2. The first-order valence-corrected chi connectivity index (χ1v) is 5.72. The van der Waals surface area contributed by atoms with Crippen molar-refractivity contribution in [3.8, 4) is 16.3 Å².